The number of rotatable bonds is 5. The zero-order valence-corrected chi connectivity index (χ0v) is 16.6. The van der Waals surface area contributed by atoms with Crippen LogP contribution in [0.25, 0.3) is 11.3 Å². The molecule has 1 fully saturated rings. The quantitative estimate of drug-likeness (QED) is 0.608. The minimum Gasteiger partial charge on any atom is -0.459 e. The summed E-state index contributed by atoms with van der Waals surface area (Å²) in [4.78, 5) is 6.70. The first-order chi connectivity index (χ1) is 13.5. The van der Waals surface area contributed by atoms with E-state index in [1.807, 2.05) is 30.3 Å². The summed E-state index contributed by atoms with van der Waals surface area (Å²) in [6.07, 6.45) is 1.79. The summed E-state index contributed by atoms with van der Waals surface area (Å²) < 4.78 is 19.5. The van der Waals surface area contributed by atoms with E-state index in [1.165, 1.54) is 12.1 Å². The van der Waals surface area contributed by atoms with E-state index in [-0.39, 0.29) is 17.9 Å². The molecule has 0 spiro atoms. The maximum Gasteiger partial charge on any atom is 0.170 e. The van der Waals surface area contributed by atoms with Crippen molar-refractivity contribution in [2.45, 2.75) is 25.9 Å². The van der Waals surface area contributed by atoms with Crippen molar-refractivity contribution < 1.29 is 8.81 Å². The maximum atomic E-state index is 13.2. The molecule has 0 unspecified atom stereocenters. The van der Waals surface area contributed by atoms with Crippen molar-refractivity contribution in [1.29, 1.82) is 0 Å². The average molecular weight is 396 g/mol. The van der Waals surface area contributed by atoms with E-state index in [9.17, 15) is 4.39 Å². The van der Waals surface area contributed by atoms with Crippen LogP contribution in [0.3, 0.4) is 0 Å². The molecule has 4 rings (SSSR count). The molecule has 6 heteroatoms. The fraction of sp³-hybridized carbons (Fsp3) is 0.273. The Morgan fingerprint density at radius 3 is 2.61 bits per heavy atom. The number of furan rings is 1. The molecule has 1 aliphatic heterocycles. The molecule has 0 amide bonds. The molecule has 3 heterocycles. The standard InChI is InChI=1S/C22H22FN3OS/c1-14(2)13-26-21(20(25-22(26)28)17-5-3-4-12-24-17)19-11-10-18(27-19)15-6-8-16(23)9-7-15/h3-12,14,20-21H,13H2,1-2H3,(H,25,28)/t20-,21-/m1/s1. The molecule has 4 nitrogen and oxygen atoms in total. The van der Waals surface area contributed by atoms with Gasteiger partial charge in [-0.3, -0.25) is 4.98 Å². The summed E-state index contributed by atoms with van der Waals surface area (Å²) >= 11 is 5.63. The monoisotopic (exact) mass is 395 g/mol. The number of thiocarbonyl (C=S) groups is 1. The fourth-order valence-corrected chi connectivity index (χ4v) is 3.90. The SMILES string of the molecule is CC(C)CN1C(=S)N[C@H](c2ccccn2)[C@H]1c1ccc(-c2ccc(F)cc2)o1. The Hall–Kier alpha value is -2.73. The number of pyridine rings is 1. The summed E-state index contributed by atoms with van der Waals surface area (Å²) in [5.41, 5.74) is 1.76. The highest BCUT2D eigenvalue weighted by atomic mass is 32.1. The van der Waals surface area contributed by atoms with E-state index >= 15 is 0 Å². The van der Waals surface area contributed by atoms with E-state index in [4.69, 9.17) is 16.6 Å². The number of hydrogen-bond acceptors (Lipinski definition) is 3. The molecule has 1 aromatic carbocycles. The molecule has 1 N–H and O–H groups in total. The number of aromatic nitrogens is 1. The Kier molecular flexibility index (Phi) is 5.13. The molecule has 2 aromatic heterocycles. The molecular weight excluding hydrogens is 373 g/mol. The normalized spacial score (nSPS) is 19.3. The van der Waals surface area contributed by atoms with Crippen LogP contribution < -0.4 is 5.32 Å². The lowest BCUT2D eigenvalue weighted by atomic mass is 10.0. The van der Waals surface area contributed by atoms with Crippen molar-refractivity contribution in [3.63, 3.8) is 0 Å². The van der Waals surface area contributed by atoms with Crippen LogP contribution in [0.15, 0.2) is 65.2 Å². The largest absolute Gasteiger partial charge is 0.459 e. The number of nitrogens with zero attached hydrogens (tertiary/aromatic N) is 2. The van der Waals surface area contributed by atoms with Gasteiger partial charge in [-0.15, -0.1) is 0 Å². The fourth-order valence-electron chi connectivity index (χ4n) is 3.59. The van der Waals surface area contributed by atoms with Crippen LogP contribution in [0.1, 0.15) is 37.4 Å². The van der Waals surface area contributed by atoms with Crippen LogP contribution in [0.4, 0.5) is 4.39 Å². The highest BCUT2D eigenvalue weighted by Crippen LogP contribution is 2.40. The van der Waals surface area contributed by atoms with E-state index in [1.54, 1.807) is 18.3 Å². The van der Waals surface area contributed by atoms with Crippen molar-refractivity contribution in [3.05, 3.63) is 78.1 Å². The summed E-state index contributed by atoms with van der Waals surface area (Å²) in [5, 5.41) is 4.12. The lowest BCUT2D eigenvalue weighted by molar-refractivity contribution is 0.253. The topological polar surface area (TPSA) is 41.3 Å². The van der Waals surface area contributed by atoms with Gasteiger partial charge in [0.05, 0.1) is 11.7 Å². The van der Waals surface area contributed by atoms with Gasteiger partial charge in [0.15, 0.2) is 5.11 Å². The average Bonchev–Trinajstić information content (AvgIpc) is 3.28. The van der Waals surface area contributed by atoms with Gasteiger partial charge in [0.1, 0.15) is 23.4 Å². The smallest absolute Gasteiger partial charge is 0.170 e. The summed E-state index contributed by atoms with van der Waals surface area (Å²) in [6.45, 7) is 5.14. The predicted molar refractivity (Wildman–Crippen MR) is 111 cm³/mol. The molecule has 144 valence electrons. The first-order valence-electron chi connectivity index (χ1n) is 9.36. The van der Waals surface area contributed by atoms with Crippen molar-refractivity contribution in [2.75, 3.05) is 6.54 Å². The molecule has 0 aliphatic carbocycles. The predicted octanol–water partition coefficient (Wildman–Crippen LogP) is 5.11. The van der Waals surface area contributed by atoms with Gasteiger partial charge >= 0.3 is 0 Å². The second kappa shape index (κ2) is 7.72. The van der Waals surface area contributed by atoms with Gasteiger partial charge in [-0.05, 0) is 66.7 Å². The second-order valence-electron chi connectivity index (χ2n) is 7.38. The van der Waals surface area contributed by atoms with Gasteiger partial charge in [0.2, 0.25) is 0 Å². The van der Waals surface area contributed by atoms with E-state index in [0.717, 1.165) is 23.6 Å². The molecule has 1 aliphatic rings. The number of halogens is 1. The molecule has 1 saturated heterocycles. The van der Waals surface area contributed by atoms with Gasteiger partial charge < -0.3 is 14.6 Å². The molecule has 0 radical (unpaired) electrons. The van der Waals surface area contributed by atoms with Gasteiger partial charge in [0, 0.05) is 18.3 Å². The minimum absolute atomic E-state index is 0.0975. The zero-order chi connectivity index (χ0) is 19.7. The molecule has 0 bridgehead atoms. The molecule has 3 aromatic rings. The number of hydrogen-bond donors (Lipinski definition) is 1. The van der Waals surface area contributed by atoms with Crippen molar-refractivity contribution in [1.82, 2.24) is 15.2 Å². The first kappa shape index (κ1) is 18.6. The van der Waals surface area contributed by atoms with Crippen LogP contribution in [0.2, 0.25) is 0 Å². The van der Waals surface area contributed by atoms with Crippen molar-refractivity contribution >= 4 is 17.3 Å². The second-order valence-corrected chi connectivity index (χ2v) is 7.77. The lowest BCUT2D eigenvalue weighted by Gasteiger charge is -2.27. The van der Waals surface area contributed by atoms with Gasteiger partial charge in [0.25, 0.3) is 0 Å². The third-order valence-electron chi connectivity index (χ3n) is 4.81. The van der Waals surface area contributed by atoms with E-state index in [2.05, 4.69) is 29.0 Å². The Morgan fingerprint density at radius 1 is 1.14 bits per heavy atom. The summed E-state index contributed by atoms with van der Waals surface area (Å²) in [7, 11) is 0. The number of benzene rings is 1. The summed E-state index contributed by atoms with van der Waals surface area (Å²) in [6, 6.07) is 15.9. The zero-order valence-electron chi connectivity index (χ0n) is 15.8. The molecule has 28 heavy (non-hydrogen) atoms. The maximum absolute atomic E-state index is 13.2. The van der Waals surface area contributed by atoms with Crippen LogP contribution in [-0.4, -0.2) is 21.5 Å². The minimum atomic E-state index is -0.265. The van der Waals surface area contributed by atoms with Gasteiger partial charge in [-0.25, -0.2) is 4.39 Å². The van der Waals surface area contributed by atoms with Gasteiger partial charge in [-0.1, -0.05) is 19.9 Å². The van der Waals surface area contributed by atoms with Crippen LogP contribution in [-0.2, 0) is 0 Å². The molecular formula is C22H22FN3OS. The van der Waals surface area contributed by atoms with Crippen molar-refractivity contribution in [2.24, 2.45) is 5.92 Å². The van der Waals surface area contributed by atoms with Crippen LogP contribution in [0, 0.1) is 11.7 Å². The highest BCUT2D eigenvalue weighted by Gasteiger charge is 2.41. The molecule has 0 saturated carbocycles. The Labute approximate surface area is 169 Å². The molecule has 2 atom stereocenters. The third-order valence-corrected chi connectivity index (χ3v) is 5.16. The van der Waals surface area contributed by atoms with E-state index in [0.29, 0.717) is 16.8 Å². The third kappa shape index (κ3) is 3.64. The van der Waals surface area contributed by atoms with Crippen molar-refractivity contribution in [3.8, 4) is 11.3 Å². The Balaban J connectivity index is 1.72. The number of nitrogens with one attached hydrogen (secondary N) is 1. The van der Waals surface area contributed by atoms with Crippen LogP contribution >= 0.6 is 12.2 Å². The Bertz CT molecular complexity index is 955. The first-order valence-corrected chi connectivity index (χ1v) is 9.77. The highest BCUT2D eigenvalue weighted by molar-refractivity contribution is 7.80. The van der Waals surface area contributed by atoms with Crippen LogP contribution in [0.5, 0.6) is 0 Å². The lowest BCUT2D eigenvalue weighted by Crippen LogP contribution is -2.32. The van der Waals surface area contributed by atoms with Gasteiger partial charge in [-0.2, -0.15) is 0 Å². The summed E-state index contributed by atoms with van der Waals surface area (Å²) in [5.74, 6) is 1.69. The Morgan fingerprint density at radius 2 is 1.93 bits per heavy atom. The van der Waals surface area contributed by atoms with E-state index < -0.39 is 0 Å².